The number of carbonyl (C=O) groups is 1. The third-order valence-corrected chi connectivity index (χ3v) is 5.54. The van der Waals surface area contributed by atoms with Crippen LogP contribution in [-0.2, 0) is 16.4 Å². The van der Waals surface area contributed by atoms with Crippen LogP contribution < -0.4 is 15.6 Å². The second kappa shape index (κ2) is 8.46. The molecule has 0 spiro atoms. The van der Waals surface area contributed by atoms with Gasteiger partial charge in [0.2, 0.25) is 5.88 Å². The lowest BCUT2D eigenvalue weighted by Crippen LogP contribution is -2.31. The summed E-state index contributed by atoms with van der Waals surface area (Å²) in [4.78, 5) is 28.8. The largest absolute Gasteiger partial charge is 0.439 e. The molecule has 2 aromatic heterocycles. The van der Waals surface area contributed by atoms with E-state index in [9.17, 15) is 18.0 Å². The molecule has 0 atom stereocenters. The van der Waals surface area contributed by atoms with Gasteiger partial charge in [-0.15, -0.1) is 0 Å². The number of nitrogens with zero attached hydrogens (tertiary/aromatic N) is 2. The lowest BCUT2D eigenvalue weighted by Gasteiger charge is -2.12. The number of ether oxygens (including phenoxy) is 1. The Balaban J connectivity index is 1.81. The maximum atomic E-state index is 12.5. The number of hydrogen-bond donors (Lipinski definition) is 2. The Hall–Kier alpha value is -3.53. The molecule has 2 heterocycles. The van der Waals surface area contributed by atoms with Gasteiger partial charge in [0, 0.05) is 24.6 Å². The predicted molar refractivity (Wildman–Crippen MR) is 109 cm³/mol. The zero-order chi connectivity index (χ0) is 21.9. The molecule has 2 N–H and O–H groups in total. The van der Waals surface area contributed by atoms with Gasteiger partial charge in [0.1, 0.15) is 11.3 Å². The molecular weight excluding hydrogens is 408 g/mol. The Morgan fingerprint density at radius 1 is 1.20 bits per heavy atom. The normalized spacial score (nSPS) is 11.2. The van der Waals surface area contributed by atoms with Gasteiger partial charge >= 0.3 is 0 Å². The summed E-state index contributed by atoms with van der Waals surface area (Å²) in [6, 6.07) is 9.42. The van der Waals surface area contributed by atoms with E-state index in [1.807, 2.05) is 0 Å². The standard InChI is InChI=1S/C20H20N4O5S/c1-12-13(2)23-24-19(26)17(12)18(25)22-11-14-6-5-9-21-20(14)29-15-7-4-8-16(10-15)30(3,27)28/h4-10H,11H2,1-3H3,(H,22,25)(H,24,26). The number of hydrogen-bond acceptors (Lipinski definition) is 7. The monoisotopic (exact) mass is 428 g/mol. The van der Waals surface area contributed by atoms with E-state index >= 15 is 0 Å². The number of aromatic nitrogens is 3. The van der Waals surface area contributed by atoms with Gasteiger partial charge in [-0.3, -0.25) is 9.59 Å². The minimum Gasteiger partial charge on any atom is -0.439 e. The summed E-state index contributed by atoms with van der Waals surface area (Å²) < 4.78 is 29.2. The molecule has 0 fully saturated rings. The number of aromatic amines is 1. The van der Waals surface area contributed by atoms with Crippen molar-refractivity contribution in [3.8, 4) is 11.6 Å². The first-order chi connectivity index (χ1) is 14.2. The second-order valence-corrected chi connectivity index (χ2v) is 8.65. The van der Waals surface area contributed by atoms with Crippen LogP contribution >= 0.6 is 0 Å². The van der Waals surface area contributed by atoms with Crippen molar-refractivity contribution in [1.82, 2.24) is 20.5 Å². The van der Waals surface area contributed by atoms with E-state index in [0.29, 0.717) is 22.6 Å². The molecule has 0 radical (unpaired) electrons. The van der Waals surface area contributed by atoms with Gasteiger partial charge in [0.15, 0.2) is 9.84 Å². The first kappa shape index (κ1) is 21.2. The van der Waals surface area contributed by atoms with E-state index in [-0.39, 0.29) is 22.9 Å². The van der Waals surface area contributed by atoms with Crippen molar-refractivity contribution in [2.24, 2.45) is 0 Å². The summed E-state index contributed by atoms with van der Waals surface area (Å²) in [7, 11) is -3.39. The molecule has 0 aliphatic rings. The average Bonchev–Trinajstić information content (AvgIpc) is 2.70. The molecular formula is C20H20N4O5S. The molecule has 0 saturated heterocycles. The Morgan fingerprint density at radius 2 is 1.97 bits per heavy atom. The number of aryl methyl sites for hydroxylation is 1. The number of carbonyl (C=O) groups excluding carboxylic acids is 1. The Kier molecular flexibility index (Phi) is 5.97. The maximum absolute atomic E-state index is 12.5. The summed E-state index contributed by atoms with van der Waals surface area (Å²) in [5.41, 5.74) is 1.02. The van der Waals surface area contributed by atoms with Crippen LogP contribution in [0.3, 0.4) is 0 Å². The minimum absolute atomic E-state index is 0.00490. The van der Waals surface area contributed by atoms with E-state index in [4.69, 9.17) is 4.74 Å². The zero-order valence-corrected chi connectivity index (χ0v) is 17.4. The Bertz CT molecular complexity index is 1270. The van der Waals surface area contributed by atoms with Gasteiger partial charge in [0.05, 0.1) is 10.6 Å². The van der Waals surface area contributed by atoms with Crippen LogP contribution in [0.1, 0.15) is 27.2 Å². The topological polar surface area (TPSA) is 131 Å². The number of nitrogens with one attached hydrogen (secondary N) is 2. The van der Waals surface area contributed by atoms with Crippen molar-refractivity contribution in [1.29, 1.82) is 0 Å². The van der Waals surface area contributed by atoms with Crippen molar-refractivity contribution in [3.05, 3.63) is 75.3 Å². The Labute approximate surface area is 173 Å². The fourth-order valence-electron chi connectivity index (χ4n) is 2.69. The van der Waals surface area contributed by atoms with Crippen LogP contribution in [-0.4, -0.2) is 35.8 Å². The third-order valence-electron chi connectivity index (χ3n) is 4.43. The van der Waals surface area contributed by atoms with E-state index in [0.717, 1.165) is 6.26 Å². The molecule has 0 unspecified atom stereocenters. The zero-order valence-electron chi connectivity index (χ0n) is 16.6. The summed E-state index contributed by atoms with van der Waals surface area (Å²) in [6.45, 7) is 3.40. The molecule has 3 rings (SSSR count). The van der Waals surface area contributed by atoms with Crippen LogP contribution in [0.4, 0.5) is 0 Å². The average molecular weight is 428 g/mol. The van der Waals surface area contributed by atoms with E-state index in [1.165, 1.54) is 18.3 Å². The Morgan fingerprint density at radius 3 is 2.70 bits per heavy atom. The third kappa shape index (κ3) is 4.71. The van der Waals surface area contributed by atoms with E-state index in [1.54, 1.807) is 38.1 Å². The maximum Gasteiger partial charge on any atom is 0.277 e. The van der Waals surface area contributed by atoms with Crippen LogP contribution in [0.25, 0.3) is 0 Å². The van der Waals surface area contributed by atoms with Gasteiger partial charge in [-0.05, 0) is 43.7 Å². The smallest absolute Gasteiger partial charge is 0.277 e. The van der Waals surface area contributed by atoms with Gasteiger partial charge < -0.3 is 10.1 Å². The van der Waals surface area contributed by atoms with Gasteiger partial charge in [-0.2, -0.15) is 5.10 Å². The number of H-pyrrole nitrogens is 1. The second-order valence-electron chi connectivity index (χ2n) is 6.64. The summed E-state index contributed by atoms with van der Waals surface area (Å²) in [5, 5.41) is 8.81. The molecule has 3 aromatic rings. The van der Waals surface area contributed by atoms with Crippen molar-refractivity contribution in [3.63, 3.8) is 0 Å². The highest BCUT2D eigenvalue weighted by atomic mass is 32.2. The van der Waals surface area contributed by atoms with Crippen molar-refractivity contribution < 1.29 is 17.9 Å². The highest BCUT2D eigenvalue weighted by Crippen LogP contribution is 2.25. The summed E-state index contributed by atoms with van der Waals surface area (Å²) >= 11 is 0. The van der Waals surface area contributed by atoms with E-state index < -0.39 is 21.3 Å². The summed E-state index contributed by atoms with van der Waals surface area (Å²) in [6.07, 6.45) is 2.63. The fraction of sp³-hybridized carbons (Fsp3) is 0.200. The molecule has 0 aliphatic heterocycles. The van der Waals surface area contributed by atoms with Crippen LogP contribution in [0, 0.1) is 13.8 Å². The minimum atomic E-state index is -3.39. The molecule has 30 heavy (non-hydrogen) atoms. The molecule has 1 aromatic carbocycles. The molecule has 0 bridgehead atoms. The SMILES string of the molecule is Cc1n[nH]c(=O)c(C(=O)NCc2cccnc2Oc2cccc(S(C)(=O)=O)c2)c1C. The highest BCUT2D eigenvalue weighted by Gasteiger charge is 2.17. The number of amides is 1. The van der Waals surface area contributed by atoms with E-state index in [2.05, 4.69) is 20.5 Å². The quantitative estimate of drug-likeness (QED) is 0.613. The molecule has 10 heteroatoms. The van der Waals surface area contributed by atoms with Gasteiger partial charge in [-0.25, -0.2) is 18.5 Å². The van der Waals surface area contributed by atoms with Crippen LogP contribution in [0.5, 0.6) is 11.6 Å². The van der Waals surface area contributed by atoms with Gasteiger partial charge in [-0.1, -0.05) is 12.1 Å². The van der Waals surface area contributed by atoms with Crippen LogP contribution in [0.2, 0.25) is 0 Å². The van der Waals surface area contributed by atoms with Crippen molar-refractivity contribution in [2.75, 3.05) is 6.26 Å². The summed E-state index contributed by atoms with van der Waals surface area (Å²) in [5.74, 6) is -0.0469. The predicted octanol–water partition coefficient (Wildman–Crippen LogP) is 1.91. The molecule has 0 saturated carbocycles. The number of pyridine rings is 1. The molecule has 9 nitrogen and oxygen atoms in total. The van der Waals surface area contributed by atoms with Crippen LogP contribution in [0.15, 0.2) is 52.3 Å². The molecule has 1 amide bonds. The van der Waals surface area contributed by atoms with Crippen molar-refractivity contribution >= 4 is 15.7 Å². The number of benzene rings is 1. The van der Waals surface area contributed by atoms with Crippen molar-refractivity contribution in [2.45, 2.75) is 25.3 Å². The highest BCUT2D eigenvalue weighted by molar-refractivity contribution is 7.90. The molecule has 156 valence electrons. The first-order valence-electron chi connectivity index (χ1n) is 8.93. The first-order valence-corrected chi connectivity index (χ1v) is 10.8. The fourth-order valence-corrected chi connectivity index (χ4v) is 3.35. The lowest BCUT2D eigenvalue weighted by atomic mass is 10.1. The molecule has 0 aliphatic carbocycles. The number of sulfone groups is 1. The lowest BCUT2D eigenvalue weighted by molar-refractivity contribution is 0.0948. The van der Waals surface area contributed by atoms with Gasteiger partial charge in [0.25, 0.3) is 11.5 Å². The number of rotatable bonds is 6.